The number of nitro benzene ring substituents is 2. The Morgan fingerprint density at radius 2 is 1.17 bits per heavy atom. The zero-order chi connectivity index (χ0) is 26.1. The summed E-state index contributed by atoms with van der Waals surface area (Å²) in [5, 5.41) is 21.9. The maximum atomic E-state index is 10.9. The van der Waals surface area contributed by atoms with Gasteiger partial charge < -0.3 is 0 Å². The van der Waals surface area contributed by atoms with Crippen LogP contribution in [0.5, 0.6) is 0 Å². The molecule has 0 atom stereocenters. The third-order valence-electron chi connectivity index (χ3n) is 4.85. The number of pyridine rings is 1. The van der Waals surface area contributed by atoms with E-state index >= 15 is 0 Å². The third-order valence-corrected chi connectivity index (χ3v) is 4.85. The van der Waals surface area contributed by atoms with Crippen molar-refractivity contribution >= 4 is 54.4 Å². The van der Waals surface area contributed by atoms with E-state index in [2.05, 4.69) is 15.0 Å². The molecule has 9 nitrogen and oxygen atoms in total. The normalized spacial score (nSPS) is 11.6. The van der Waals surface area contributed by atoms with E-state index in [4.69, 9.17) is 20.2 Å². The van der Waals surface area contributed by atoms with E-state index in [1.165, 1.54) is 24.3 Å². The SMILES string of the molecule is CC(=Nc1ccc([N+](=O)[O-])cc1C)c1cccc(C(C)=Nc2ccc([N+](=O)[O-])cc2C)n1.[Cl][Fe][Cl]. The van der Waals surface area contributed by atoms with Gasteiger partial charge in [0.1, 0.15) is 0 Å². The van der Waals surface area contributed by atoms with Gasteiger partial charge in [0.25, 0.3) is 11.4 Å². The van der Waals surface area contributed by atoms with E-state index in [1.54, 1.807) is 26.0 Å². The van der Waals surface area contributed by atoms with Crippen molar-refractivity contribution < 1.29 is 23.0 Å². The van der Waals surface area contributed by atoms with Crippen LogP contribution in [0, 0.1) is 34.1 Å². The molecule has 0 aliphatic heterocycles. The number of aromatic nitrogens is 1. The summed E-state index contributed by atoms with van der Waals surface area (Å²) in [7, 11) is 9.53. The average molecular weight is 558 g/mol. The van der Waals surface area contributed by atoms with Crippen molar-refractivity contribution in [2.75, 3.05) is 0 Å². The number of aliphatic imine (C=N–C) groups is 2. The minimum atomic E-state index is -0.437. The molecule has 0 aliphatic rings. The van der Waals surface area contributed by atoms with Crippen molar-refractivity contribution in [3.8, 4) is 0 Å². The second kappa shape index (κ2) is 13.1. The van der Waals surface area contributed by atoms with Gasteiger partial charge in [-0.05, 0) is 63.1 Å². The van der Waals surface area contributed by atoms with Gasteiger partial charge >= 0.3 is 33.3 Å². The van der Waals surface area contributed by atoms with E-state index in [1.807, 2.05) is 32.0 Å². The molecule has 0 saturated carbocycles. The fourth-order valence-corrected chi connectivity index (χ4v) is 3.07. The fourth-order valence-electron chi connectivity index (χ4n) is 3.07. The Morgan fingerprint density at radius 3 is 1.49 bits per heavy atom. The Labute approximate surface area is 216 Å². The summed E-state index contributed by atoms with van der Waals surface area (Å²) < 4.78 is 0. The molecule has 0 amide bonds. The van der Waals surface area contributed by atoms with Gasteiger partial charge in [-0.25, -0.2) is 4.98 Å². The van der Waals surface area contributed by atoms with E-state index < -0.39 is 9.85 Å². The molecule has 35 heavy (non-hydrogen) atoms. The van der Waals surface area contributed by atoms with Crippen LogP contribution in [0.3, 0.4) is 0 Å². The van der Waals surface area contributed by atoms with Gasteiger partial charge in [0.05, 0.1) is 44.0 Å². The molecule has 2 aromatic carbocycles. The zero-order valence-electron chi connectivity index (χ0n) is 19.2. The zero-order valence-corrected chi connectivity index (χ0v) is 21.8. The van der Waals surface area contributed by atoms with Crippen LogP contribution < -0.4 is 0 Å². The Bertz CT molecular complexity index is 1220. The summed E-state index contributed by atoms with van der Waals surface area (Å²) in [5.41, 5.74) is 5.30. The number of rotatable bonds is 6. The number of halogens is 2. The van der Waals surface area contributed by atoms with E-state index in [-0.39, 0.29) is 24.5 Å². The van der Waals surface area contributed by atoms with Gasteiger partial charge in [-0.15, -0.1) is 0 Å². The van der Waals surface area contributed by atoms with Crippen LogP contribution in [0.15, 0.2) is 64.6 Å². The summed E-state index contributed by atoms with van der Waals surface area (Å²) in [6.07, 6.45) is 0. The van der Waals surface area contributed by atoms with E-state index in [0.29, 0.717) is 45.3 Å². The van der Waals surface area contributed by atoms with E-state index in [0.717, 1.165) is 0 Å². The van der Waals surface area contributed by atoms with Crippen LogP contribution in [0.4, 0.5) is 22.7 Å². The average Bonchev–Trinajstić information content (AvgIpc) is 2.82. The van der Waals surface area contributed by atoms with Gasteiger partial charge in [-0.2, -0.15) is 0 Å². The molecule has 3 aromatic rings. The number of hydrogen-bond donors (Lipinski definition) is 0. The predicted octanol–water partition coefficient (Wildman–Crippen LogP) is 7.17. The molecule has 0 aliphatic carbocycles. The Balaban J connectivity index is 0.00000137. The number of non-ortho nitro benzene ring substituents is 2. The quantitative estimate of drug-likeness (QED) is 0.137. The molecular weight excluding hydrogens is 537 g/mol. The number of nitro groups is 2. The molecule has 0 spiro atoms. The molecule has 0 bridgehead atoms. The van der Waals surface area contributed by atoms with Gasteiger partial charge in [-0.3, -0.25) is 30.2 Å². The monoisotopic (exact) mass is 557 g/mol. The van der Waals surface area contributed by atoms with Gasteiger partial charge in [0.2, 0.25) is 0 Å². The van der Waals surface area contributed by atoms with Crippen LogP contribution in [0.1, 0.15) is 36.4 Å². The first-order chi connectivity index (χ1) is 16.6. The number of nitrogens with zero attached hydrogens (tertiary/aromatic N) is 5. The van der Waals surface area contributed by atoms with Crippen LogP contribution >= 0.6 is 20.2 Å². The second-order valence-corrected chi connectivity index (χ2v) is 9.13. The number of aryl methyl sites for hydroxylation is 2. The van der Waals surface area contributed by atoms with Crippen molar-refractivity contribution in [2.24, 2.45) is 9.98 Å². The minimum absolute atomic E-state index is 0.0209. The summed E-state index contributed by atoms with van der Waals surface area (Å²) in [4.78, 5) is 34.8. The van der Waals surface area contributed by atoms with Gasteiger partial charge in [0.15, 0.2) is 0 Å². The molecule has 0 fully saturated rings. The van der Waals surface area contributed by atoms with E-state index in [9.17, 15) is 20.2 Å². The summed E-state index contributed by atoms with van der Waals surface area (Å²) in [6.45, 7) is 7.18. The molecule has 0 radical (unpaired) electrons. The van der Waals surface area contributed by atoms with Crippen molar-refractivity contribution in [1.29, 1.82) is 0 Å². The molecule has 0 unspecified atom stereocenters. The standard InChI is InChI=1S/C23H21N5O4.2ClH.Fe/c1-14-12-18(27(29)30)8-10-20(14)24-16(3)22-6-5-7-23(26-22)17(4)25-21-11-9-19(28(31)32)13-15(21)2;;;/h5-13H,1-4H3;2*1H;/q;;;+2/p-2. The molecular formula is C23H21Cl2FeN5O4. The first kappa shape index (κ1) is 28.1. The van der Waals surface area contributed by atoms with Gasteiger partial charge in [0, 0.05) is 24.3 Å². The molecule has 0 saturated heterocycles. The van der Waals surface area contributed by atoms with Crippen LogP contribution in [0.25, 0.3) is 0 Å². The van der Waals surface area contributed by atoms with Crippen LogP contribution in [0.2, 0.25) is 0 Å². The molecule has 184 valence electrons. The summed E-state index contributed by atoms with van der Waals surface area (Å²) >= 11 is 0.194. The van der Waals surface area contributed by atoms with Crippen molar-refractivity contribution in [3.63, 3.8) is 0 Å². The Hall–Kier alpha value is -3.17. The first-order valence-corrected chi connectivity index (χ1v) is 13.0. The molecule has 3 rings (SSSR count). The van der Waals surface area contributed by atoms with Crippen molar-refractivity contribution in [2.45, 2.75) is 27.7 Å². The third kappa shape index (κ3) is 7.93. The van der Waals surface area contributed by atoms with Gasteiger partial charge in [-0.1, -0.05) is 6.07 Å². The summed E-state index contributed by atoms with van der Waals surface area (Å²) in [5.74, 6) is 0. The molecule has 1 heterocycles. The molecule has 1 aromatic heterocycles. The first-order valence-electron chi connectivity index (χ1n) is 10.0. The topological polar surface area (TPSA) is 124 Å². The maximum absolute atomic E-state index is 10.9. The van der Waals surface area contributed by atoms with Crippen molar-refractivity contribution in [3.05, 3.63) is 97.3 Å². The van der Waals surface area contributed by atoms with Crippen molar-refractivity contribution in [1.82, 2.24) is 4.98 Å². The summed E-state index contributed by atoms with van der Waals surface area (Å²) in [6, 6.07) is 14.6. The van der Waals surface area contributed by atoms with Crippen LogP contribution in [-0.4, -0.2) is 26.3 Å². The van der Waals surface area contributed by atoms with Crippen LogP contribution in [-0.2, 0) is 13.1 Å². The Morgan fingerprint density at radius 1 is 0.800 bits per heavy atom. The molecule has 0 N–H and O–H groups in total. The number of benzene rings is 2. The Kier molecular flexibility index (Phi) is 10.5. The molecule has 12 heteroatoms. The fraction of sp³-hybridized carbons (Fsp3) is 0.174. The number of hydrogen-bond acceptors (Lipinski definition) is 7. The predicted molar refractivity (Wildman–Crippen MR) is 135 cm³/mol. The second-order valence-electron chi connectivity index (χ2n) is 7.31.